The van der Waals surface area contributed by atoms with Crippen molar-refractivity contribution in [1.82, 2.24) is 30.6 Å². The zero-order valence-electron chi connectivity index (χ0n) is 15.6. The molecule has 2 aromatic heterocycles. The lowest BCUT2D eigenvalue weighted by atomic mass is 10.2. The summed E-state index contributed by atoms with van der Waals surface area (Å²) in [5.74, 6) is 0.0286. The number of rotatable bonds is 9. The molecule has 10 nitrogen and oxygen atoms in total. The van der Waals surface area contributed by atoms with Gasteiger partial charge in [0.05, 0.1) is 9.77 Å². The minimum atomic E-state index is -0.510. The van der Waals surface area contributed by atoms with Crippen LogP contribution in [0.15, 0.2) is 41.2 Å². The Kier molecular flexibility index (Phi) is 7.16. The van der Waals surface area contributed by atoms with Crippen molar-refractivity contribution in [2.24, 2.45) is 0 Å². The topological polar surface area (TPSA) is 124 Å². The number of ether oxygens (including phenoxy) is 1. The number of hydrogen-bond acceptors (Lipinski definition) is 7. The summed E-state index contributed by atoms with van der Waals surface area (Å²) in [6.07, 6.45) is 3.52. The Morgan fingerprint density at radius 1 is 1.21 bits per heavy atom. The van der Waals surface area contributed by atoms with Crippen LogP contribution >= 0.6 is 22.6 Å². The first-order chi connectivity index (χ1) is 14.0. The number of carbonyl (C=O) groups is 2. The van der Waals surface area contributed by atoms with Crippen molar-refractivity contribution in [3.63, 3.8) is 0 Å². The number of aromatic nitrogens is 4. The van der Waals surface area contributed by atoms with Crippen LogP contribution in [-0.4, -0.2) is 51.4 Å². The first-order valence-electron chi connectivity index (χ1n) is 8.74. The van der Waals surface area contributed by atoms with E-state index in [1.54, 1.807) is 23.0 Å². The van der Waals surface area contributed by atoms with E-state index in [0.29, 0.717) is 18.1 Å². The van der Waals surface area contributed by atoms with Gasteiger partial charge in [-0.1, -0.05) is 22.9 Å². The normalized spacial score (nSPS) is 10.6. The van der Waals surface area contributed by atoms with E-state index in [-0.39, 0.29) is 31.5 Å². The molecule has 0 radical (unpaired) electrons. The summed E-state index contributed by atoms with van der Waals surface area (Å²) in [4.78, 5) is 27.8. The summed E-state index contributed by atoms with van der Waals surface area (Å²) in [6.45, 7) is 2.63. The van der Waals surface area contributed by atoms with Crippen molar-refractivity contribution in [3.8, 4) is 5.75 Å². The van der Waals surface area contributed by atoms with Crippen LogP contribution < -0.4 is 15.4 Å². The minimum Gasteiger partial charge on any atom is -0.484 e. The number of halogens is 1. The molecular weight excluding hydrogens is 491 g/mol. The van der Waals surface area contributed by atoms with E-state index in [1.165, 1.54) is 0 Å². The van der Waals surface area contributed by atoms with E-state index in [0.717, 1.165) is 9.13 Å². The van der Waals surface area contributed by atoms with Crippen LogP contribution in [0.25, 0.3) is 0 Å². The molecule has 0 spiro atoms. The molecule has 0 aliphatic carbocycles. The Morgan fingerprint density at radius 2 is 1.97 bits per heavy atom. The van der Waals surface area contributed by atoms with Crippen molar-refractivity contribution in [2.45, 2.75) is 13.5 Å². The molecule has 152 valence electrons. The van der Waals surface area contributed by atoms with Gasteiger partial charge in [-0.05, 0) is 41.6 Å². The van der Waals surface area contributed by atoms with E-state index in [4.69, 9.17) is 9.26 Å². The molecule has 1 aromatic carbocycles. The SMILES string of the molecule is Cc1ccc(OCC(=O)NCCNC(=O)c2nc(Cn3cc(I)cn3)no2)cc1. The van der Waals surface area contributed by atoms with Gasteiger partial charge in [0.1, 0.15) is 12.3 Å². The van der Waals surface area contributed by atoms with Gasteiger partial charge < -0.3 is 19.9 Å². The zero-order chi connectivity index (χ0) is 20.6. The van der Waals surface area contributed by atoms with E-state index < -0.39 is 5.91 Å². The molecule has 0 aliphatic rings. The Hall–Kier alpha value is -2.96. The average Bonchev–Trinajstić information content (AvgIpc) is 3.34. The van der Waals surface area contributed by atoms with Crippen LogP contribution in [0.5, 0.6) is 5.75 Å². The maximum atomic E-state index is 12.0. The number of amides is 2. The summed E-state index contributed by atoms with van der Waals surface area (Å²) in [5.41, 5.74) is 1.11. The molecule has 0 aliphatic heterocycles. The third kappa shape index (κ3) is 6.55. The van der Waals surface area contributed by atoms with Crippen LogP contribution in [0.2, 0.25) is 0 Å². The molecule has 29 heavy (non-hydrogen) atoms. The number of aryl methyl sites for hydroxylation is 1. The predicted octanol–water partition coefficient (Wildman–Crippen LogP) is 1.15. The maximum Gasteiger partial charge on any atom is 0.316 e. The second-order valence-electron chi connectivity index (χ2n) is 6.08. The van der Waals surface area contributed by atoms with Gasteiger partial charge in [-0.2, -0.15) is 10.1 Å². The van der Waals surface area contributed by atoms with Gasteiger partial charge in [-0.25, -0.2) is 0 Å². The second kappa shape index (κ2) is 10.0. The fraction of sp³-hybridized carbons (Fsp3) is 0.278. The van der Waals surface area contributed by atoms with Gasteiger partial charge >= 0.3 is 11.8 Å². The van der Waals surface area contributed by atoms with Crippen molar-refractivity contribution < 1.29 is 18.8 Å². The summed E-state index contributed by atoms with van der Waals surface area (Å²) in [6, 6.07) is 7.41. The van der Waals surface area contributed by atoms with Crippen molar-refractivity contribution in [1.29, 1.82) is 0 Å². The summed E-state index contributed by atoms with van der Waals surface area (Å²) in [7, 11) is 0. The summed E-state index contributed by atoms with van der Waals surface area (Å²) in [5, 5.41) is 13.1. The number of nitrogens with zero attached hydrogens (tertiary/aromatic N) is 4. The largest absolute Gasteiger partial charge is 0.484 e. The third-order valence-electron chi connectivity index (χ3n) is 3.69. The van der Waals surface area contributed by atoms with Gasteiger partial charge in [0.25, 0.3) is 5.91 Å². The average molecular weight is 510 g/mol. The van der Waals surface area contributed by atoms with E-state index in [9.17, 15) is 9.59 Å². The highest BCUT2D eigenvalue weighted by Gasteiger charge is 2.15. The van der Waals surface area contributed by atoms with Gasteiger partial charge in [0, 0.05) is 19.3 Å². The number of carbonyl (C=O) groups excluding carboxylic acids is 2. The van der Waals surface area contributed by atoms with Crippen LogP contribution in [0.3, 0.4) is 0 Å². The fourth-order valence-corrected chi connectivity index (χ4v) is 2.71. The van der Waals surface area contributed by atoms with Crippen LogP contribution in [0.1, 0.15) is 22.1 Å². The van der Waals surface area contributed by atoms with E-state index in [1.807, 2.05) is 25.3 Å². The summed E-state index contributed by atoms with van der Waals surface area (Å²) < 4.78 is 13.0. The van der Waals surface area contributed by atoms with Gasteiger partial charge in [-0.3, -0.25) is 14.3 Å². The first kappa shape index (κ1) is 20.8. The quantitative estimate of drug-likeness (QED) is 0.327. The Labute approximate surface area is 180 Å². The standard InChI is InChI=1S/C18H19IN6O4/c1-12-2-4-14(5-3-12)28-11-16(26)20-6-7-21-17(27)18-23-15(24-29-18)10-25-9-13(19)8-22-25/h2-5,8-9H,6-7,10-11H2,1H3,(H,20,26)(H,21,27). The molecule has 0 saturated heterocycles. The lowest BCUT2D eigenvalue weighted by molar-refractivity contribution is -0.123. The van der Waals surface area contributed by atoms with E-state index >= 15 is 0 Å². The van der Waals surface area contributed by atoms with Gasteiger partial charge in [-0.15, -0.1) is 0 Å². The smallest absolute Gasteiger partial charge is 0.316 e. The predicted molar refractivity (Wildman–Crippen MR) is 110 cm³/mol. The van der Waals surface area contributed by atoms with Gasteiger partial charge in [0.2, 0.25) is 0 Å². The molecule has 3 aromatic rings. The minimum absolute atomic E-state index is 0.101. The van der Waals surface area contributed by atoms with Crippen molar-refractivity contribution >= 4 is 34.4 Å². The van der Waals surface area contributed by atoms with E-state index in [2.05, 4.69) is 48.5 Å². The molecule has 0 bridgehead atoms. The molecule has 11 heteroatoms. The van der Waals surface area contributed by atoms with Crippen LogP contribution in [-0.2, 0) is 11.3 Å². The summed E-state index contributed by atoms with van der Waals surface area (Å²) >= 11 is 2.14. The lowest BCUT2D eigenvalue weighted by Gasteiger charge is -2.08. The molecule has 2 N–H and O–H groups in total. The monoisotopic (exact) mass is 510 g/mol. The van der Waals surface area contributed by atoms with Crippen molar-refractivity contribution in [2.75, 3.05) is 19.7 Å². The van der Waals surface area contributed by atoms with Gasteiger partial charge in [0.15, 0.2) is 12.4 Å². The van der Waals surface area contributed by atoms with Crippen LogP contribution in [0.4, 0.5) is 0 Å². The third-order valence-corrected chi connectivity index (χ3v) is 4.25. The molecule has 0 atom stereocenters. The number of nitrogens with one attached hydrogen (secondary N) is 2. The maximum absolute atomic E-state index is 12.0. The van der Waals surface area contributed by atoms with Crippen molar-refractivity contribution in [3.05, 3.63) is 57.5 Å². The molecule has 3 rings (SSSR count). The lowest BCUT2D eigenvalue weighted by Crippen LogP contribution is -2.36. The molecule has 0 saturated carbocycles. The number of benzene rings is 1. The zero-order valence-corrected chi connectivity index (χ0v) is 17.7. The second-order valence-corrected chi connectivity index (χ2v) is 7.33. The number of hydrogen-bond donors (Lipinski definition) is 2. The highest BCUT2D eigenvalue weighted by Crippen LogP contribution is 2.10. The first-order valence-corrected chi connectivity index (χ1v) is 9.82. The molecule has 0 fully saturated rings. The van der Waals surface area contributed by atoms with Crippen LogP contribution in [0, 0.1) is 10.5 Å². The molecular formula is C18H19IN6O4. The molecule has 0 unspecified atom stereocenters. The Balaban J connectivity index is 1.34. The highest BCUT2D eigenvalue weighted by molar-refractivity contribution is 14.1. The Morgan fingerprint density at radius 3 is 2.69 bits per heavy atom. The molecule has 2 heterocycles. The highest BCUT2D eigenvalue weighted by atomic mass is 127. The fourth-order valence-electron chi connectivity index (χ4n) is 2.27. The Bertz CT molecular complexity index is 969. The molecule has 2 amide bonds.